The van der Waals surface area contributed by atoms with Crippen molar-refractivity contribution in [2.24, 2.45) is 0 Å². The standard InChI is InChI=1S/C16H11N3O2S/c20-16-19-18-14(21-16)9-15-17-12-7-6-11(8-13(12)22-15)10-4-2-1-3-5-10/h1-8H,9H2,(H,19,20). The van der Waals surface area contributed by atoms with Gasteiger partial charge in [-0.25, -0.2) is 14.9 Å². The summed E-state index contributed by atoms with van der Waals surface area (Å²) < 4.78 is 6.03. The molecule has 0 saturated carbocycles. The van der Waals surface area contributed by atoms with Crippen molar-refractivity contribution in [3.05, 3.63) is 70.0 Å². The predicted octanol–water partition coefficient (Wildman–Crippen LogP) is 3.23. The van der Waals surface area contributed by atoms with Crippen molar-refractivity contribution in [2.45, 2.75) is 6.42 Å². The summed E-state index contributed by atoms with van der Waals surface area (Å²) in [6, 6.07) is 16.4. The summed E-state index contributed by atoms with van der Waals surface area (Å²) in [5.74, 6) is -0.185. The highest BCUT2D eigenvalue weighted by Gasteiger charge is 2.09. The van der Waals surface area contributed by atoms with E-state index < -0.39 is 5.76 Å². The minimum atomic E-state index is -0.539. The normalized spacial score (nSPS) is 11.1. The molecule has 2 heterocycles. The van der Waals surface area contributed by atoms with Gasteiger partial charge in [0.2, 0.25) is 5.89 Å². The second kappa shape index (κ2) is 5.23. The van der Waals surface area contributed by atoms with Gasteiger partial charge in [-0.3, -0.25) is 0 Å². The predicted molar refractivity (Wildman–Crippen MR) is 85.0 cm³/mol. The molecule has 0 spiro atoms. The van der Waals surface area contributed by atoms with Crippen LogP contribution in [-0.4, -0.2) is 15.2 Å². The molecule has 0 amide bonds. The van der Waals surface area contributed by atoms with Crippen LogP contribution in [0.15, 0.2) is 57.7 Å². The van der Waals surface area contributed by atoms with Gasteiger partial charge < -0.3 is 4.42 Å². The Morgan fingerprint density at radius 2 is 1.95 bits per heavy atom. The summed E-state index contributed by atoms with van der Waals surface area (Å²) in [4.78, 5) is 15.5. The molecule has 0 radical (unpaired) electrons. The Hall–Kier alpha value is -2.73. The number of nitrogens with one attached hydrogen (secondary N) is 1. The number of hydrogen-bond donors (Lipinski definition) is 1. The highest BCUT2D eigenvalue weighted by molar-refractivity contribution is 7.18. The van der Waals surface area contributed by atoms with Crippen LogP contribution in [0, 0.1) is 0 Å². The molecule has 0 fully saturated rings. The minimum Gasteiger partial charge on any atom is -0.392 e. The molecule has 22 heavy (non-hydrogen) atoms. The first-order valence-corrected chi connectivity index (χ1v) is 7.59. The Bertz CT molecular complexity index is 985. The van der Waals surface area contributed by atoms with Gasteiger partial charge in [0, 0.05) is 0 Å². The van der Waals surface area contributed by atoms with Crippen molar-refractivity contribution in [3.8, 4) is 11.1 Å². The van der Waals surface area contributed by atoms with Gasteiger partial charge >= 0.3 is 5.76 Å². The smallest absolute Gasteiger partial charge is 0.392 e. The molecule has 0 atom stereocenters. The largest absolute Gasteiger partial charge is 0.434 e. The third-order valence-corrected chi connectivity index (χ3v) is 4.34. The van der Waals surface area contributed by atoms with E-state index in [1.165, 1.54) is 5.56 Å². The van der Waals surface area contributed by atoms with E-state index in [4.69, 9.17) is 4.42 Å². The first-order valence-electron chi connectivity index (χ1n) is 6.77. The maximum atomic E-state index is 11.0. The number of aromatic nitrogens is 3. The third kappa shape index (κ3) is 2.44. The SMILES string of the molecule is O=c1[nH]nc(Cc2nc3ccc(-c4ccccc4)cc3s2)o1. The van der Waals surface area contributed by atoms with Crippen molar-refractivity contribution in [1.82, 2.24) is 15.2 Å². The van der Waals surface area contributed by atoms with Gasteiger partial charge in [-0.05, 0) is 23.3 Å². The van der Waals surface area contributed by atoms with E-state index in [0.29, 0.717) is 12.3 Å². The average Bonchev–Trinajstić information content (AvgIpc) is 3.13. The van der Waals surface area contributed by atoms with E-state index in [9.17, 15) is 4.79 Å². The van der Waals surface area contributed by atoms with Crippen LogP contribution in [0.4, 0.5) is 0 Å². The first-order chi connectivity index (χ1) is 10.8. The lowest BCUT2D eigenvalue weighted by Gasteiger charge is -2.00. The summed E-state index contributed by atoms with van der Waals surface area (Å²) in [6.45, 7) is 0. The van der Waals surface area contributed by atoms with Crippen molar-refractivity contribution >= 4 is 21.6 Å². The van der Waals surface area contributed by atoms with E-state index >= 15 is 0 Å². The zero-order valence-electron chi connectivity index (χ0n) is 11.4. The van der Waals surface area contributed by atoms with Crippen molar-refractivity contribution < 1.29 is 4.42 Å². The van der Waals surface area contributed by atoms with Gasteiger partial charge in [0.05, 0.1) is 16.6 Å². The summed E-state index contributed by atoms with van der Waals surface area (Å²) in [6.07, 6.45) is 0.415. The van der Waals surface area contributed by atoms with Crippen molar-refractivity contribution in [3.63, 3.8) is 0 Å². The van der Waals surface area contributed by atoms with Crippen molar-refractivity contribution in [1.29, 1.82) is 0 Å². The third-order valence-electron chi connectivity index (χ3n) is 3.32. The van der Waals surface area contributed by atoms with Gasteiger partial charge in [-0.2, -0.15) is 0 Å². The van der Waals surface area contributed by atoms with Crippen LogP contribution in [0.2, 0.25) is 0 Å². The van der Waals surface area contributed by atoms with Crippen molar-refractivity contribution in [2.75, 3.05) is 0 Å². The average molecular weight is 309 g/mol. The van der Waals surface area contributed by atoms with Crippen LogP contribution in [0.3, 0.4) is 0 Å². The van der Waals surface area contributed by atoms with Crippen LogP contribution in [0.5, 0.6) is 0 Å². The molecule has 2 aromatic carbocycles. The Kier molecular flexibility index (Phi) is 3.08. The summed E-state index contributed by atoms with van der Waals surface area (Å²) in [7, 11) is 0. The molecule has 108 valence electrons. The fraction of sp³-hybridized carbons (Fsp3) is 0.0625. The molecular weight excluding hydrogens is 298 g/mol. The molecule has 2 aromatic heterocycles. The van der Waals surface area contributed by atoms with Gasteiger partial charge in [0.15, 0.2) is 0 Å². The number of aromatic amines is 1. The first kappa shape index (κ1) is 13.0. The molecule has 0 aliphatic carbocycles. The van der Waals surface area contributed by atoms with Crippen LogP contribution >= 0.6 is 11.3 Å². The number of thiazole rings is 1. The highest BCUT2D eigenvalue weighted by Crippen LogP contribution is 2.28. The number of hydrogen-bond acceptors (Lipinski definition) is 5. The number of rotatable bonds is 3. The molecule has 4 rings (SSSR count). The Labute approximate surface area is 129 Å². The molecular formula is C16H11N3O2S. The fourth-order valence-electron chi connectivity index (χ4n) is 2.32. The summed E-state index contributed by atoms with van der Waals surface area (Å²) >= 11 is 1.58. The maximum Gasteiger partial charge on any atom is 0.434 e. The molecule has 1 N–H and O–H groups in total. The Morgan fingerprint density at radius 3 is 2.73 bits per heavy atom. The molecule has 0 aliphatic rings. The molecule has 0 bridgehead atoms. The maximum absolute atomic E-state index is 11.0. The molecule has 4 aromatic rings. The lowest BCUT2D eigenvalue weighted by Crippen LogP contribution is -1.93. The van der Waals surface area contributed by atoms with Crippen LogP contribution in [0.1, 0.15) is 10.9 Å². The van der Waals surface area contributed by atoms with Crippen LogP contribution in [-0.2, 0) is 6.42 Å². The second-order valence-electron chi connectivity index (χ2n) is 4.84. The number of H-pyrrole nitrogens is 1. The minimum absolute atomic E-state index is 0.354. The van der Waals surface area contributed by atoms with Gasteiger partial charge in [0.1, 0.15) is 5.01 Å². The lowest BCUT2D eigenvalue weighted by atomic mass is 10.1. The van der Waals surface area contributed by atoms with E-state index in [1.807, 2.05) is 24.3 Å². The molecule has 0 saturated heterocycles. The second-order valence-corrected chi connectivity index (χ2v) is 5.95. The van der Waals surface area contributed by atoms with E-state index in [1.54, 1.807) is 11.3 Å². The summed E-state index contributed by atoms with van der Waals surface area (Å²) in [5, 5.41) is 6.94. The Balaban J connectivity index is 1.70. The molecule has 0 unspecified atom stereocenters. The zero-order valence-corrected chi connectivity index (χ0v) is 12.3. The lowest BCUT2D eigenvalue weighted by molar-refractivity contribution is 0.471. The van der Waals surface area contributed by atoms with Gasteiger partial charge in [-0.15, -0.1) is 16.4 Å². The van der Waals surface area contributed by atoms with E-state index in [0.717, 1.165) is 20.8 Å². The van der Waals surface area contributed by atoms with Crippen LogP contribution in [0.25, 0.3) is 21.3 Å². The van der Waals surface area contributed by atoms with Gasteiger partial charge in [0.25, 0.3) is 0 Å². The Morgan fingerprint density at radius 1 is 1.09 bits per heavy atom. The molecule has 6 heteroatoms. The molecule has 5 nitrogen and oxygen atoms in total. The van der Waals surface area contributed by atoms with Gasteiger partial charge in [-0.1, -0.05) is 36.4 Å². The molecule has 0 aliphatic heterocycles. The number of fused-ring (bicyclic) bond motifs is 1. The summed E-state index contributed by atoms with van der Waals surface area (Å²) in [5.41, 5.74) is 3.28. The number of benzene rings is 2. The monoisotopic (exact) mass is 309 g/mol. The topological polar surface area (TPSA) is 71.8 Å². The van der Waals surface area contributed by atoms with Crippen LogP contribution < -0.4 is 5.76 Å². The zero-order chi connectivity index (χ0) is 14.9. The van der Waals surface area contributed by atoms with E-state index in [-0.39, 0.29) is 0 Å². The number of nitrogens with zero attached hydrogens (tertiary/aromatic N) is 2. The van der Waals surface area contributed by atoms with E-state index in [2.05, 4.69) is 39.4 Å². The highest BCUT2D eigenvalue weighted by atomic mass is 32.1. The fourth-order valence-corrected chi connectivity index (χ4v) is 3.32. The quantitative estimate of drug-likeness (QED) is 0.630.